The van der Waals surface area contributed by atoms with Crippen molar-refractivity contribution in [3.8, 4) is 0 Å². The molecule has 0 aromatic heterocycles. The zero-order valence-electron chi connectivity index (χ0n) is 10.8. The summed E-state index contributed by atoms with van der Waals surface area (Å²) in [4.78, 5) is 1.97. The Morgan fingerprint density at radius 3 is 2.32 bits per heavy atom. The van der Waals surface area contributed by atoms with E-state index in [9.17, 15) is 9.50 Å². The topological polar surface area (TPSA) is 23.5 Å². The van der Waals surface area contributed by atoms with Crippen LogP contribution in [0.1, 0.15) is 17.2 Å². The van der Waals surface area contributed by atoms with Gasteiger partial charge >= 0.3 is 0 Å². The van der Waals surface area contributed by atoms with Crippen LogP contribution in [0.3, 0.4) is 0 Å². The van der Waals surface area contributed by atoms with Gasteiger partial charge in [0.1, 0.15) is 11.9 Å². The van der Waals surface area contributed by atoms with Crippen LogP contribution in [0.15, 0.2) is 46.9 Å². The van der Waals surface area contributed by atoms with E-state index < -0.39 is 11.9 Å². The third-order valence-electron chi connectivity index (χ3n) is 3.00. The van der Waals surface area contributed by atoms with E-state index in [4.69, 9.17) is 0 Å². The molecule has 0 heterocycles. The molecule has 0 saturated heterocycles. The molecule has 1 unspecified atom stereocenters. The highest BCUT2D eigenvalue weighted by atomic mass is 79.9. The Hall–Kier alpha value is -1.39. The van der Waals surface area contributed by atoms with Crippen molar-refractivity contribution in [3.05, 3.63) is 63.9 Å². The highest BCUT2D eigenvalue weighted by molar-refractivity contribution is 9.10. The van der Waals surface area contributed by atoms with Gasteiger partial charge in [0.25, 0.3) is 0 Å². The second kappa shape index (κ2) is 5.72. The highest BCUT2D eigenvalue weighted by Crippen LogP contribution is 2.29. The highest BCUT2D eigenvalue weighted by Gasteiger charge is 2.16. The molecule has 0 aliphatic rings. The smallest absolute Gasteiger partial charge is 0.143 e. The lowest BCUT2D eigenvalue weighted by molar-refractivity contribution is 0.215. The summed E-state index contributed by atoms with van der Waals surface area (Å²) in [6, 6.07) is 12.3. The van der Waals surface area contributed by atoms with Crippen LogP contribution in [-0.2, 0) is 0 Å². The standard InChI is InChI=1S/C15H15BrFNO/c1-18(2)11-8-6-10(7-9-11)15(19)12-4-3-5-13(16)14(12)17/h3-9,15,19H,1-2H3. The van der Waals surface area contributed by atoms with Crippen molar-refractivity contribution in [1.82, 2.24) is 0 Å². The number of nitrogens with zero attached hydrogens (tertiary/aromatic N) is 1. The molecule has 0 aliphatic carbocycles. The van der Waals surface area contributed by atoms with Gasteiger partial charge in [-0.05, 0) is 39.7 Å². The van der Waals surface area contributed by atoms with Gasteiger partial charge < -0.3 is 10.0 Å². The minimum absolute atomic E-state index is 0.270. The summed E-state index contributed by atoms with van der Waals surface area (Å²) in [7, 11) is 3.89. The molecule has 0 saturated carbocycles. The number of halogens is 2. The van der Waals surface area contributed by atoms with E-state index >= 15 is 0 Å². The minimum atomic E-state index is -0.964. The van der Waals surface area contributed by atoms with Crippen LogP contribution < -0.4 is 4.90 Å². The molecule has 0 radical (unpaired) electrons. The number of benzene rings is 2. The van der Waals surface area contributed by atoms with Crippen molar-refractivity contribution in [3.63, 3.8) is 0 Å². The van der Waals surface area contributed by atoms with E-state index in [-0.39, 0.29) is 5.56 Å². The van der Waals surface area contributed by atoms with Crippen molar-refractivity contribution in [2.24, 2.45) is 0 Å². The Morgan fingerprint density at radius 1 is 1.11 bits per heavy atom. The molecule has 1 atom stereocenters. The van der Waals surface area contributed by atoms with Crippen LogP contribution in [-0.4, -0.2) is 19.2 Å². The number of anilines is 1. The first-order valence-electron chi connectivity index (χ1n) is 5.90. The number of hydrogen-bond acceptors (Lipinski definition) is 2. The molecule has 0 spiro atoms. The molecule has 19 heavy (non-hydrogen) atoms. The first-order valence-corrected chi connectivity index (χ1v) is 6.69. The molecule has 0 bridgehead atoms. The van der Waals surface area contributed by atoms with Gasteiger partial charge in [-0.2, -0.15) is 0 Å². The summed E-state index contributed by atoms with van der Waals surface area (Å²) >= 11 is 3.12. The third-order valence-corrected chi connectivity index (χ3v) is 3.61. The molecule has 2 aromatic rings. The van der Waals surface area contributed by atoms with E-state index in [0.29, 0.717) is 10.0 Å². The molecule has 2 nitrogen and oxygen atoms in total. The van der Waals surface area contributed by atoms with E-state index in [1.807, 2.05) is 31.1 Å². The van der Waals surface area contributed by atoms with Gasteiger partial charge in [0.15, 0.2) is 0 Å². The average Bonchev–Trinajstić information content (AvgIpc) is 2.41. The van der Waals surface area contributed by atoms with Gasteiger partial charge in [-0.25, -0.2) is 4.39 Å². The van der Waals surface area contributed by atoms with Gasteiger partial charge in [-0.1, -0.05) is 24.3 Å². The lowest BCUT2D eigenvalue weighted by Gasteiger charge is -2.16. The number of aliphatic hydroxyl groups excluding tert-OH is 1. The summed E-state index contributed by atoms with van der Waals surface area (Å²) < 4.78 is 14.3. The van der Waals surface area contributed by atoms with Crippen LogP contribution >= 0.6 is 15.9 Å². The molecule has 2 aromatic carbocycles. The molecule has 4 heteroatoms. The summed E-state index contributed by atoms with van der Waals surface area (Å²) in [6.45, 7) is 0. The zero-order valence-corrected chi connectivity index (χ0v) is 12.4. The second-order valence-corrected chi connectivity index (χ2v) is 5.39. The fourth-order valence-corrected chi connectivity index (χ4v) is 2.25. The lowest BCUT2D eigenvalue weighted by Crippen LogP contribution is -2.09. The van der Waals surface area contributed by atoms with Crippen LogP contribution in [0, 0.1) is 5.82 Å². The fraction of sp³-hybridized carbons (Fsp3) is 0.200. The summed E-state index contributed by atoms with van der Waals surface area (Å²) in [5.41, 5.74) is 1.97. The van der Waals surface area contributed by atoms with Crippen molar-refractivity contribution in [2.75, 3.05) is 19.0 Å². The first kappa shape index (κ1) is 14.0. The molecule has 0 aliphatic heterocycles. The monoisotopic (exact) mass is 323 g/mol. The van der Waals surface area contributed by atoms with Crippen LogP contribution in [0.2, 0.25) is 0 Å². The predicted octanol–water partition coefficient (Wildman–Crippen LogP) is 3.74. The van der Waals surface area contributed by atoms with E-state index in [2.05, 4.69) is 15.9 Å². The van der Waals surface area contributed by atoms with Crippen LogP contribution in [0.4, 0.5) is 10.1 Å². The summed E-state index contributed by atoms with van der Waals surface area (Å²) in [5, 5.41) is 10.3. The van der Waals surface area contributed by atoms with E-state index in [1.165, 1.54) is 0 Å². The maximum absolute atomic E-state index is 13.9. The van der Waals surface area contributed by atoms with E-state index in [0.717, 1.165) is 5.69 Å². The van der Waals surface area contributed by atoms with Crippen molar-refractivity contribution >= 4 is 21.6 Å². The number of rotatable bonds is 3. The molecule has 2 rings (SSSR count). The van der Waals surface area contributed by atoms with Crippen molar-refractivity contribution in [1.29, 1.82) is 0 Å². The Labute approximate surface area is 120 Å². The third kappa shape index (κ3) is 2.96. The normalized spacial score (nSPS) is 12.3. The van der Waals surface area contributed by atoms with Gasteiger partial charge in [0.05, 0.1) is 4.47 Å². The van der Waals surface area contributed by atoms with Crippen molar-refractivity contribution in [2.45, 2.75) is 6.10 Å². The Bertz CT molecular complexity index is 569. The first-order chi connectivity index (χ1) is 9.00. The largest absolute Gasteiger partial charge is 0.384 e. The molecular formula is C15H15BrFNO. The second-order valence-electron chi connectivity index (χ2n) is 4.53. The van der Waals surface area contributed by atoms with Gasteiger partial charge in [-0.15, -0.1) is 0 Å². The van der Waals surface area contributed by atoms with Crippen molar-refractivity contribution < 1.29 is 9.50 Å². The van der Waals surface area contributed by atoms with E-state index in [1.54, 1.807) is 30.3 Å². The summed E-state index contributed by atoms with van der Waals surface area (Å²) in [5.74, 6) is -0.424. The Kier molecular flexibility index (Phi) is 4.22. The Morgan fingerprint density at radius 2 is 1.74 bits per heavy atom. The average molecular weight is 324 g/mol. The van der Waals surface area contributed by atoms with Gasteiger partial charge in [-0.3, -0.25) is 0 Å². The maximum atomic E-state index is 13.9. The lowest BCUT2D eigenvalue weighted by atomic mass is 10.0. The fourth-order valence-electron chi connectivity index (χ4n) is 1.87. The quantitative estimate of drug-likeness (QED) is 0.930. The van der Waals surface area contributed by atoms with Gasteiger partial charge in [0.2, 0.25) is 0 Å². The number of hydrogen-bond donors (Lipinski definition) is 1. The molecular weight excluding hydrogens is 309 g/mol. The number of aliphatic hydroxyl groups is 1. The van der Waals surface area contributed by atoms with Gasteiger partial charge in [0, 0.05) is 25.3 Å². The zero-order chi connectivity index (χ0) is 14.0. The molecule has 0 amide bonds. The SMILES string of the molecule is CN(C)c1ccc(C(O)c2cccc(Br)c2F)cc1. The minimum Gasteiger partial charge on any atom is -0.384 e. The van der Waals surface area contributed by atoms with Crippen LogP contribution in [0.25, 0.3) is 0 Å². The molecule has 0 fully saturated rings. The summed E-state index contributed by atoms with van der Waals surface area (Å²) in [6.07, 6.45) is -0.964. The Balaban J connectivity index is 2.33. The molecule has 100 valence electrons. The predicted molar refractivity (Wildman–Crippen MR) is 78.9 cm³/mol. The maximum Gasteiger partial charge on any atom is 0.143 e. The molecule has 1 N–H and O–H groups in total. The van der Waals surface area contributed by atoms with Crippen LogP contribution in [0.5, 0.6) is 0 Å².